The SMILES string of the molecule is CCCCCCC(CCCC)c1ccccc1C(C)(C)c1ccccc1O. The molecule has 148 valence electrons. The number of hydrogen-bond donors (Lipinski definition) is 1. The van der Waals surface area contributed by atoms with E-state index in [1.807, 2.05) is 12.1 Å². The molecule has 0 aliphatic rings. The molecular weight excluding hydrogens is 328 g/mol. The van der Waals surface area contributed by atoms with Gasteiger partial charge in [-0.15, -0.1) is 0 Å². The molecule has 1 heteroatoms. The van der Waals surface area contributed by atoms with Gasteiger partial charge in [-0.25, -0.2) is 0 Å². The van der Waals surface area contributed by atoms with Crippen LogP contribution in [0.25, 0.3) is 0 Å². The Labute approximate surface area is 166 Å². The van der Waals surface area contributed by atoms with Crippen molar-refractivity contribution in [2.24, 2.45) is 0 Å². The van der Waals surface area contributed by atoms with Crippen molar-refractivity contribution in [3.63, 3.8) is 0 Å². The number of hydrogen-bond acceptors (Lipinski definition) is 1. The third kappa shape index (κ3) is 5.61. The van der Waals surface area contributed by atoms with Gasteiger partial charge in [-0.05, 0) is 36.0 Å². The van der Waals surface area contributed by atoms with E-state index < -0.39 is 0 Å². The number of benzene rings is 2. The summed E-state index contributed by atoms with van der Waals surface area (Å²) in [5.74, 6) is 1.01. The second-order valence-electron chi connectivity index (χ2n) is 8.42. The topological polar surface area (TPSA) is 20.2 Å². The Morgan fingerprint density at radius 2 is 1.33 bits per heavy atom. The number of phenols is 1. The Kier molecular flexibility index (Phi) is 8.41. The zero-order chi connectivity index (χ0) is 19.7. The van der Waals surface area contributed by atoms with Crippen molar-refractivity contribution in [1.82, 2.24) is 0 Å². The first-order valence-electron chi connectivity index (χ1n) is 10.9. The third-order valence-corrected chi connectivity index (χ3v) is 5.96. The van der Waals surface area contributed by atoms with Gasteiger partial charge in [-0.3, -0.25) is 0 Å². The summed E-state index contributed by atoms with van der Waals surface area (Å²) >= 11 is 0. The lowest BCUT2D eigenvalue weighted by molar-refractivity contribution is 0.450. The molecule has 0 aliphatic heterocycles. The van der Waals surface area contributed by atoms with Crippen LogP contribution in [-0.2, 0) is 5.41 Å². The molecular formula is C26H38O. The van der Waals surface area contributed by atoms with Crippen LogP contribution in [0.5, 0.6) is 5.75 Å². The largest absolute Gasteiger partial charge is 0.508 e. The number of rotatable bonds is 11. The molecule has 0 radical (unpaired) electrons. The molecule has 0 aliphatic carbocycles. The average Bonchev–Trinajstić information content (AvgIpc) is 2.67. The summed E-state index contributed by atoms with van der Waals surface area (Å²) in [4.78, 5) is 0. The van der Waals surface area contributed by atoms with Gasteiger partial charge in [0.2, 0.25) is 0 Å². The van der Waals surface area contributed by atoms with Gasteiger partial charge >= 0.3 is 0 Å². The van der Waals surface area contributed by atoms with Gasteiger partial charge in [0, 0.05) is 11.0 Å². The van der Waals surface area contributed by atoms with Gasteiger partial charge in [0.15, 0.2) is 0 Å². The van der Waals surface area contributed by atoms with Crippen LogP contribution in [0.15, 0.2) is 48.5 Å². The quantitative estimate of drug-likeness (QED) is 0.400. The van der Waals surface area contributed by atoms with Crippen LogP contribution in [0.2, 0.25) is 0 Å². The van der Waals surface area contributed by atoms with Crippen LogP contribution in [0.1, 0.15) is 102 Å². The van der Waals surface area contributed by atoms with Crippen molar-refractivity contribution in [2.75, 3.05) is 0 Å². The van der Waals surface area contributed by atoms with Crippen LogP contribution >= 0.6 is 0 Å². The summed E-state index contributed by atoms with van der Waals surface area (Å²) in [6.45, 7) is 9.05. The van der Waals surface area contributed by atoms with E-state index in [-0.39, 0.29) is 5.41 Å². The van der Waals surface area contributed by atoms with E-state index in [9.17, 15) is 5.11 Å². The number of phenolic OH excluding ortho intramolecular Hbond substituents is 1. The highest BCUT2D eigenvalue weighted by atomic mass is 16.3. The monoisotopic (exact) mass is 366 g/mol. The fourth-order valence-corrected chi connectivity index (χ4v) is 4.29. The summed E-state index contributed by atoms with van der Waals surface area (Å²) in [6.07, 6.45) is 10.3. The molecule has 2 rings (SSSR count). The molecule has 0 bridgehead atoms. The molecule has 0 saturated carbocycles. The van der Waals surface area contributed by atoms with Crippen molar-refractivity contribution in [2.45, 2.75) is 90.4 Å². The molecule has 1 N–H and O–H groups in total. The maximum Gasteiger partial charge on any atom is 0.119 e. The molecule has 2 aromatic carbocycles. The van der Waals surface area contributed by atoms with E-state index >= 15 is 0 Å². The van der Waals surface area contributed by atoms with E-state index in [0.717, 1.165) is 5.56 Å². The van der Waals surface area contributed by atoms with Gasteiger partial charge < -0.3 is 5.11 Å². The van der Waals surface area contributed by atoms with E-state index in [1.54, 1.807) is 6.07 Å². The van der Waals surface area contributed by atoms with Crippen molar-refractivity contribution in [3.8, 4) is 5.75 Å². The van der Waals surface area contributed by atoms with Gasteiger partial charge in [-0.1, -0.05) is 109 Å². The van der Waals surface area contributed by atoms with Crippen molar-refractivity contribution in [1.29, 1.82) is 0 Å². The smallest absolute Gasteiger partial charge is 0.119 e. The molecule has 0 aromatic heterocycles. The minimum atomic E-state index is -0.212. The van der Waals surface area contributed by atoms with E-state index in [2.05, 4.69) is 58.0 Å². The molecule has 0 saturated heterocycles. The van der Waals surface area contributed by atoms with Crippen molar-refractivity contribution >= 4 is 0 Å². The molecule has 0 amide bonds. The van der Waals surface area contributed by atoms with Crippen LogP contribution in [0.4, 0.5) is 0 Å². The lowest BCUT2D eigenvalue weighted by atomic mass is 9.72. The molecule has 1 atom stereocenters. The fraction of sp³-hybridized carbons (Fsp3) is 0.538. The highest BCUT2D eigenvalue weighted by Crippen LogP contribution is 2.42. The van der Waals surface area contributed by atoms with E-state index in [1.165, 1.54) is 62.5 Å². The first-order chi connectivity index (χ1) is 13.0. The lowest BCUT2D eigenvalue weighted by Crippen LogP contribution is -2.22. The number of para-hydroxylation sites is 1. The molecule has 2 aromatic rings. The van der Waals surface area contributed by atoms with Crippen LogP contribution in [-0.4, -0.2) is 5.11 Å². The van der Waals surface area contributed by atoms with Gasteiger partial charge in [-0.2, -0.15) is 0 Å². The lowest BCUT2D eigenvalue weighted by Gasteiger charge is -2.32. The van der Waals surface area contributed by atoms with Crippen molar-refractivity contribution in [3.05, 3.63) is 65.2 Å². The van der Waals surface area contributed by atoms with Crippen LogP contribution in [0, 0.1) is 0 Å². The standard InChI is InChI=1S/C26H38O/c1-5-7-9-10-16-21(15-8-6-2)22-17-11-12-18-23(22)26(3,4)24-19-13-14-20-25(24)27/h11-14,17-21,27H,5-10,15-16H2,1-4H3. The minimum Gasteiger partial charge on any atom is -0.508 e. The maximum absolute atomic E-state index is 10.5. The first-order valence-corrected chi connectivity index (χ1v) is 10.9. The maximum atomic E-state index is 10.5. The van der Waals surface area contributed by atoms with Gasteiger partial charge in [0.1, 0.15) is 5.75 Å². The summed E-state index contributed by atoms with van der Waals surface area (Å²) in [5, 5.41) is 10.5. The highest BCUT2D eigenvalue weighted by Gasteiger charge is 2.30. The van der Waals surface area contributed by atoms with Crippen molar-refractivity contribution < 1.29 is 5.11 Å². The Morgan fingerprint density at radius 1 is 0.741 bits per heavy atom. The predicted octanol–water partition coefficient (Wildman–Crippen LogP) is 7.96. The highest BCUT2D eigenvalue weighted by molar-refractivity contribution is 5.48. The molecule has 0 spiro atoms. The van der Waals surface area contributed by atoms with E-state index in [0.29, 0.717) is 11.7 Å². The number of unbranched alkanes of at least 4 members (excludes halogenated alkanes) is 4. The second kappa shape index (κ2) is 10.5. The summed E-state index contributed by atoms with van der Waals surface area (Å²) in [7, 11) is 0. The van der Waals surface area contributed by atoms with Gasteiger partial charge in [0.25, 0.3) is 0 Å². The number of aromatic hydroxyl groups is 1. The summed E-state index contributed by atoms with van der Waals surface area (Å²) < 4.78 is 0. The fourth-order valence-electron chi connectivity index (χ4n) is 4.29. The third-order valence-electron chi connectivity index (χ3n) is 5.96. The Hall–Kier alpha value is -1.76. The minimum absolute atomic E-state index is 0.212. The predicted molar refractivity (Wildman–Crippen MR) is 118 cm³/mol. The zero-order valence-electron chi connectivity index (χ0n) is 17.8. The molecule has 1 unspecified atom stereocenters. The molecule has 1 nitrogen and oxygen atoms in total. The summed E-state index contributed by atoms with van der Waals surface area (Å²) in [6, 6.07) is 16.7. The van der Waals surface area contributed by atoms with Gasteiger partial charge in [0.05, 0.1) is 0 Å². The Morgan fingerprint density at radius 3 is 2.00 bits per heavy atom. The second-order valence-corrected chi connectivity index (χ2v) is 8.42. The molecule has 0 fully saturated rings. The Balaban J connectivity index is 2.36. The first kappa shape index (κ1) is 21.5. The normalized spacial score (nSPS) is 12.9. The van der Waals surface area contributed by atoms with Crippen LogP contribution < -0.4 is 0 Å². The van der Waals surface area contributed by atoms with Crippen LogP contribution in [0.3, 0.4) is 0 Å². The molecule has 0 heterocycles. The van der Waals surface area contributed by atoms with E-state index in [4.69, 9.17) is 0 Å². The summed E-state index contributed by atoms with van der Waals surface area (Å²) in [5.41, 5.74) is 3.65. The molecule has 27 heavy (non-hydrogen) atoms. The Bertz CT molecular complexity index is 686. The average molecular weight is 367 g/mol. The zero-order valence-corrected chi connectivity index (χ0v) is 17.8.